The van der Waals surface area contributed by atoms with Crippen LogP contribution in [0.15, 0.2) is 29.3 Å². The van der Waals surface area contributed by atoms with Gasteiger partial charge in [-0.25, -0.2) is 0 Å². The molecule has 0 aliphatic rings. The van der Waals surface area contributed by atoms with Crippen molar-refractivity contribution in [1.82, 2.24) is 5.32 Å². The number of ether oxygens (including phenoxy) is 1. The van der Waals surface area contributed by atoms with Gasteiger partial charge < -0.3 is 10.1 Å². The highest BCUT2D eigenvalue weighted by Gasteiger charge is 2.17. The molecule has 0 radical (unpaired) electrons. The van der Waals surface area contributed by atoms with E-state index in [9.17, 15) is 10.1 Å². The number of halogens is 1. The molecule has 0 aliphatic heterocycles. The normalized spacial score (nSPS) is 11.2. The Hall–Kier alpha value is -1.40. The van der Waals surface area contributed by atoms with Gasteiger partial charge in [-0.05, 0) is 32.4 Å². The van der Waals surface area contributed by atoms with E-state index in [-0.39, 0.29) is 23.6 Å². The third kappa shape index (κ3) is 5.71. The van der Waals surface area contributed by atoms with Crippen LogP contribution < -0.4 is 10.1 Å². The Labute approximate surface area is 127 Å². The predicted octanol–water partition coefficient (Wildman–Crippen LogP) is 3.77. The molecule has 0 saturated carbocycles. The molecule has 0 unspecified atom stereocenters. The molecule has 0 saturated heterocycles. The average molecular weight is 343 g/mol. The zero-order chi connectivity index (χ0) is 15.3. The minimum absolute atomic E-state index is 0.0352. The molecular weight excluding hydrogens is 324 g/mol. The summed E-state index contributed by atoms with van der Waals surface area (Å²) in [5.74, 6) is 0.245. The van der Waals surface area contributed by atoms with E-state index < -0.39 is 4.92 Å². The predicted molar refractivity (Wildman–Crippen MR) is 83.3 cm³/mol. The number of nitro groups is 1. The fraction of sp³-hybridized carbons (Fsp3) is 0.429. The Kier molecular flexibility index (Phi) is 5.71. The molecule has 1 N–H and O–H groups in total. The minimum Gasteiger partial charge on any atom is -0.481 e. The van der Waals surface area contributed by atoms with E-state index in [0.717, 1.165) is 5.56 Å². The molecule has 1 aromatic rings. The summed E-state index contributed by atoms with van der Waals surface area (Å²) in [6.07, 6.45) is 0. The van der Waals surface area contributed by atoms with Crippen molar-refractivity contribution < 1.29 is 9.66 Å². The van der Waals surface area contributed by atoms with E-state index >= 15 is 0 Å². The number of benzene rings is 1. The highest BCUT2D eigenvalue weighted by molar-refractivity contribution is 9.11. The van der Waals surface area contributed by atoms with Crippen molar-refractivity contribution in [2.24, 2.45) is 0 Å². The van der Waals surface area contributed by atoms with E-state index in [1.54, 1.807) is 6.07 Å². The summed E-state index contributed by atoms with van der Waals surface area (Å²) in [7, 11) is 0. The van der Waals surface area contributed by atoms with Gasteiger partial charge in [-0.3, -0.25) is 10.1 Å². The molecule has 20 heavy (non-hydrogen) atoms. The second-order valence-electron chi connectivity index (χ2n) is 5.47. The van der Waals surface area contributed by atoms with Crippen molar-refractivity contribution in [3.8, 4) is 5.75 Å². The lowest BCUT2D eigenvalue weighted by Gasteiger charge is -2.20. The number of nitrogens with one attached hydrogen (secondary N) is 1. The van der Waals surface area contributed by atoms with Crippen LogP contribution in [0.4, 0.5) is 5.69 Å². The summed E-state index contributed by atoms with van der Waals surface area (Å²) < 4.78 is 5.98. The molecular formula is C14H19BrN2O3. The Morgan fingerprint density at radius 1 is 1.50 bits per heavy atom. The third-order valence-corrected chi connectivity index (χ3v) is 2.66. The summed E-state index contributed by atoms with van der Waals surface area (Å²) in [5.41, 5.74) is 0.765. The van der Waals surface area contributed by atoms with Crippen LogP contribution in [0.3, 0.4) is 0 Å². The lowest BCUT2D eigenvalue weighted by Crippen LogP contribution is -2.35. The first-order valence-corrected chi connectivity index (χ1v) is 6.97. The van der Waals surface area contributed by atoms with Gasteiger partial charge in [-0.2, -0.15) is 0 Å². The molecule has 0 aromatic heterocycles. The lowest BCUT2D eigenvalue weighted by atomic mass is 10.1. The van der Waals surface area contributed by atoms with Gasteiger partial charge in [0.15, 0.2) is 5.75 Å². The molecule has 1 aromatic carbocycles. The molecule has 110 valence electrons. The molecule has 5 nitrogen and oxygen atoms in total. The van der Waals surface area contributed by atoms with Crippen LogP contribution in [0.1, 0.15) is 26.3 Å². The summed E-state index contributed by atoms with van der Waals surface area (Å²) in [5, 5.41) is 14.4. The molecule has 6 heteroatoms. The summed E-state index contributed by atoms with van der Waals surface area (Å²) in [6, 6.07) is 4.97. The van der Waals surface area contributed by atoms with Crippen molar-refractivity contribution in [2.75, 3.05) is 6.61 Å². The van der Waals surface area contributed by atoms with Gasteiger partial charge >= 0.3 is 5.69 Å². The molecule has 0 fully saturated rings. The van der Waals surface area contributed by atoms with Crippen molar-refractivity contribution in [2.45, 2.75) is 32.9 Å². The topological polar surface area (TPSA) is 64.4 Å². The van der Waals surface area contributed by atoms with Gasteiger partial charge in [-0.15, -0.1) is 0 Å². The Bertz CT molecular complexity index is 510. The minimum atomic E-state index is -0.438. The summed E-state index contributed by atoms with van der Waals surface area (Å²) in [4.78, 5) is 10.7. The second kappa shape index (κ2) is 6.85. The van der Waals surface area contributed by atoms with Crippen molar-refractivity contribution in [1.29, 1.82) is 0 Å². The number of nitro benzene ring substituents is 1. The SMILES string of the molecule is C=C(Br)COc1ccc(CNC(C)(C)C)cc1[N+](=O)[O-]. The summed E-state index contributed by atoms with van der Waals surface area (Å²) >= 11 is 3.16. The van der Waals surface area contributed by atoms with Crippen LogP contribution >= 0.6 is 15.9 Å². The van der Waals surface area contributed by atoms with Crippen molar-refractivity contribution in [3.05, 3.63) is 44.9 Å². The maximum absolute atomic E-state index is 11.1. The van der Waals surface area contributed by atoms with Gasteiger partial charge in [0, 0.05) is 22.6 Å². The standard InChI is InChI=1S/C14H19BrN2O3/c1-10(15)9-20-13-6-5-11(7-12(13)17(18)19)8-16-14(2,3)4/h5-7,16H,1,8-9H2,2-4H3. The first-order chi connectivity index (χ1) is 9.19. The second-order valence-corrected chi connectivity index (χ2v) is 6.59. The smallest absolute Gasteiger partial charge is 0.311 e. The van der Waals surface area contributed by atoms with Gasteiger partial charge in [0.2, 0.25) is 0 Å². The quantitative estimate of drug-likeness (QED) is 0.631. The molecule has 1 rings (SSSR count). The van der Waals surface area contributed by atoms with E-state index in [1.807, 2.05) is 26.8 Å². The van der Waals surface area contributed by atoms with Gasteiger partial charge in [-0.1, -0.05) is 28.6 Å². The Morgan fingerprint density at radius 3 is 2.65 bits per heavy atom. The highest BCUT2D eigenvalue weighted by Crippen LogP contribution is 2.28. The molecule has 0 aliphatic carbocycles. The Balaban J connectivity index is 2.89. The van der Waals surface area contributed by atoms with E-state index in [2.05, 4.69) is 27.8 Å². The number of hydrogen-bond acceptors (Lipinski definition) is 4. The average Bonchev–Trinajstić information content (AvgIpc) is 2.33. The number of rotatable bonds is 6. The van der Waals surface area contributed by atoms with Crippen LogP contribution in [-0.4, -0.2) is 17.1 Å². The van der Waals surface area contributed by atoms with Crippen LogP contribution in [0.25, 0.3) is 0 Å². The maximum Gasteiger partial charge on any atom is 0.311 e. The van der Waals surface area contributed by atoms with Crippen molar-refractivity contribution in [3.63, 3.8) is 0 Å². The highest BCUT2D eigenvalue weighted by atomic mass is 79.9. The molecule has 0 amide bonds. The molecule has 0 atom stereocenters. The zero-order valence-corrected chi connectivity index (χ0v) is 13.5. The fourth-order valence-electron chi connectivity index (χ4n) is 1.46. The van der Waals surface area contributed by atoms with E-state index in [1.165, 1.54) is 6.07 Å². The molecule has 0 bridgehead atoms. The van der Waals surface area contributed by atoms with Crippen LogP contribution in [0, 0.1) is 10.1 Å². The fourth-order valence-corrected chi connectivity index (χ4v) is 1.58. The monoisotopic (exact) mass is 342 g/mol. The van der Waals surface area contributed by atoms with Gasteiger partial charge in [0.1, 0.15) is 6.61 Å². The first kappa shape index (κ1) is 16.7. The molecule has 0 spiro atoms. The van der Waals surface area contributed by atoms with E-state index in [0.29, 0.717) is 11.0 Å². The van der Waals surface area contributed by atoms with Crippen LogP contribution in [-0.2, 0) is 6.54 Å². The van der Waals surface area contributed by atoms with Gasteiger partial charge in [0.25, 0.3) is 0 Å². The maximum atomic E-state index is 11.1. The Morgan fingerprint density at radius 2 is 2.15 bits per heavy atom. The largest absolute Gasteiger partial charge is 0.481 e. The van der Waals surface area contributed by atoms with Crippen LogP contribution in [0.5, 0.6) is 5.75 Å². The zero-order valence-electron chi connectivity index (χ0n) is 11.9. The van der Waals surface area contributed by atoms with E-state index in [4.69, 9.17) is 4.74 Å². The number of nitrogens with zero attached hydrogens (tertiary/aromatic N) is 1. The number of hydrogen-bond donors (Lipinski definition) is 1. The van der Waals surface area contributed by atoms with Gasteiger partial charge in [0.05, 0.1) is 4.92 Å². The first-order valence-electron chi connectivity index (χ1n) is 6.17. The third-order valence-electron chi connectivity index (χ3n) is 2.43. The summed E-state index contributed by atoms with van der Waals surface area (Å²) in [6.45, 7) is 10.5. The van der Waals surface area contributed by atoms with Crippen LogP contribution in [0.2, 0.25) is 0 Å². The lowest BCUT2D eigenvalue weighted by molar-refractivity contribution is -0.385. The molecule has 0 heterocycles. The van der Waals surface area contributed by atoms with Crippen molar-refractivity contribution >= 4 is 21.6 Å².